The van der Waals surface area contributed by atoms with Crippen LogP contribution < -0.4 is 5.69 Å². The first-order valence-corrected chi connectivity index (χ1v) is 4.76. The van der Waals surface area contributed by atoms with Gasteiger partial charge in [0.15, 0.2) is 12.0 Å². The maximum absolute atomic E-state index is 13.5. The molecule has 0 amide bonds. The summed E-state index contributed by atoms with van der Waals surface area (Å²) in [7, 11) is 0. The lowest BCUT2D eigenvalue weighted by Gasteiger charge is -2.15. The Balaban J connectivity index is 2.31. The molecule has 5 nitrogen and oxygen atoms in total. The van der Waals surface area contributed by atoms with Gasteiger partial charge >= 0.3 is 5.69 Å². The van der Waals surface area contributed by atoms with Crippen molar-refractivity contribution in [2.24, 2.45) is 0 Å². The summed E-state index contributed by atoms with van der Waals surface area (Å²) in [6.07, 6.45) is -1.78. The second kappa shape index (κ2) is 4.26. The molecule has 0 spiro atoms. The van der Waals surface area contributed by atoms with Crippen molar-refractivity contribution < 1.29 is 18.6 Å². The van der Waals surface area contributed by atoms with Crippen LogP contribution in [0.25, 0.3) is 0 Å². The number of nitrogens with zero attached hydrogens (tertiary/aromatic N) is 2. The lowest BCUT2D eigenvalue weighted by Crippen LogP contribution is -2.30. The molecular formula is C9H10F2N2O3. The molecule has 88 valence electrons. The van der Waals surface area contributed by atoms with Crippen molar-refractivity contribution in [3.8, 4) is 0 Å². The molecule has 2 rings (SSSR count). The highest BCUT2D eigenvalue weighted by Gasteiger charge is 2.37. The molecule has 2 heterocycles. The fourth-order valence-corrected chi connectivity index (χ4v) is 1.65. The van der Waals surface area contributed by atoms with E-state index >= 15 is 0 Å². The fourth-order valence-electron chi connectivity index (χ4n) is 1.65. The van der Waals surface area contributed by atoms with E-state index in [0.29, 0.717) is 0 Å². The molecule has 0 saturated carbocycles. The normalized spacial score (nSPS) is 29.6. The molecule has 0 aromatic carbocycles. The maximum atomic E-state index is 13.5. The van der Waals surface area contributed by atoms with E-state index in [1.807, 2.05) is 0 Å². The van der Waals surface area contributed by atoms with Crippen molar-refractivity contribution in [1.82, 2.24) is 9.55 Å². The number of hydrogen-bond donors (Lipinski definition) is 1. The average Bonchev–Trinajstić information content (AvgIpc) is 2.63. The molecule has 0 bridgehead atoms. The summed E-state index contributed by atoms with van der Waals surface area (Å²) in [6, 6.07) is 0. The number of aliphatic hydroxyl groups is 1. The third-order valence-corrected chi connectivity index (χ3v) is 2.39. The second-order valence-electron chi connectivity index (χ2n) is 3.54. The molecule has 0 radical (unpaired) electrons. The average molecular weight is 232 g/mol. The summed E-state index contributed by atoms with van der Waals surface area (Å²) in [5, 5.41) is 8.80. The van der Waals surface area contributed by atoms with Crippen LogP contribution in [0.3, 0.4) is 0 Å². The van der Waals surface area contributed by atoms with Crippen LogP contribution in [0.4, 0.5) is 8.78 Å². The molecule has 1 saturated heterocycles. The molecule has 0 aliphatic carbocycles. The minimum atomic E-state index is -1.46. The van der Waals surface area contributed by atoms with E-state index in [1.54, 1.807) is 0 Å². The highest BCUT2D eigenvalue weighted by Crippen LogP contribution is 2.29. The smallest absolute Gasteiger partial charge is 0.349 e. The van der Waals surface area contributed by atoms with Crippen molar-refractivity contribution >= 4 is 0 Å². The maximum Gasteiger partial charge on any atom is 0.349 e. The second-order valence-corrected chi connectivity index (χ2v) is 3.54. The van der Waals surface area contributed by atoms with E-state index in [1.165, 1.54) is 0 Å². The van der Waals surface area contributed by atoms with Crippen LogP contribution in [0.1, 0.15) is 12.6 Å². The first-order chi connectivity index (χ1) is 7.61. The van der Waals surface area contributed by atoms with E-state index in [-0.39, 0.29) is 13.0 Å². The van der Waals surface area contributed by atoms with Crippen LogP contribution in [-0.4, -0.2) is 33.5 Å². The third kappa shape index (κ3) is 1.96. The summed E-state index contributed by atoms with van der Waals surface area (Å²) >= 11 is 0. The Bertz CT molecular complexity index is 437. The Hall–Kier alpha value is -1.34. The Morgan fingerprint density at radius 3 is 3.06 bits per heavy atom. The Labute approximate surface area is 89.3 Å². The third-order valence-electron chi connectivity index (χ3n) is 2.39. The van der Waals surface area contributed by atoms with E-state index in [4.69, 9.17) is 9.84 Å². The number of hydrogen-bond acceptors (Lipinski definition) is 4. The minimum absolute atomic E-state index is 0.0237. The SMILES string of the molecule is O=c1ncc(F)cn1[C@@H]1O[C@H](CO)C[C@@H]1F. The molecule has 1 aliphatic rings. The highest BCUT2D eigenvalue weighted by molar-refractivity contribution is 4.90. The topological polar surface area (TPSA) is 64.4 Å². The van der Waals surface area contributed by atoms with E-state index < -0.39 is 30.0 Å². The van der Waals surface area contributed by atoms with Crippen LogP contribution in [-0.2, 0) is 4.74 Å². The van der Waals surface area contributed by atoms with Gasteiger partial charge in [0.2, 0.25) is 0 Å². The number of ether oxygens (including phenoxy) is 1. The first kappa shape index (κ1) is 11.2. The number of aliphatic hydroxyl groups excluding tert-OH is 1. The van der Waals surface area contributed by atoms with Gasteiger partial charge in [-0.2, -0.15) is 4.98 Å². The van der Waals surface area contributed by atoms with Gasteiger partial charge in [0.25, 0.3) is 0 Å². The standard InChI is InChI=1S/C9H10F2N2O3/c10-5-2-12-9(15)13(3-5)8-7(11)1-6(4-14)16-8/h2-3,6-8,14H,1,4H2/t6-,7-,8+/m0/s1. The van der Waals surface area contributed by atoms with Gasteiger partial charge < -0.3 is 9.84 Å². The van der Waals surface area contributed by atoms with Gasteiger partial charge in [0.1, 0.15) is 6.17 Å². The van der Waals surface area contributed by atoms with Crippen molar-refractivity contribution in [3.63, 3.8) is 0 Å². The summed E-state index contributed by atoms with van der Waals surface area (Å²) in [5.41, 5.74) is -0.785. The molecule has 16 heavy (non-hydrogen) atoms. The first-order valence-electron chi connectivity index (χ1n) is 4.76. The van der Waals surface area contributed by atoms with Crippen LogP contribution >= 0.6 is 0 Å². The number of aromatic nitrogens is 2. The summed E-state index contributed by atoms with van der Waals surface area (Å²) in [4.78, 5) is 14.5. The van der Waals surface area contributed by atoms with Gasteiger partial charge in [-0.25, -0.2) is 13.6 Å². The summed E-state index contributed by atoms with van der Waals surface area (Å²) in [5.74, 6) is -0.747. The quantitative estimate of drug-likeness (QED) is 0.779. The van der Waals surface area contributed by atoms with Gasteiger partial charge in [0.05, 0.1) is 18.9 Å². The molecule has 1 fully saturated rings. The Morgan fingerprint density at radius 1 is 1.69 bits per heavy atom. The molecule has 1 aromatic rings. The molecule has 3 atom stereocenters. The van der Waals surface area contributed by atoms with E-state index in [2.05, 4.69) is 4.98 Å². The van der Waals surface area contributed by atoms with Gasteiger partial charge in [0, 0.05) is 12.6 Å². The molecule has 1 aliphatic heterocycles. The monoisotopic (exact) mass is 232 g/mol. The van der Waals surface area contributed by atoms with Crippen LogP contribution in [0.5, 0.6) is 0 Å². The zero-order valence-electron chi connectivity index (χ0n) is 8.22. The van der Waals surface area contributed by atoms with Crippen molar-refractivity contribution in [2.45, 2.75) is 24.9 Å². The van der Waals surface area contributed by atoms with Crippen molar-refractivity contribution in [1.29, 1.82) is 0 Å². The predicted molar refractivity (Wildman–Crippen MR) is 49.0 cm³/mol. The number of halogens is 2. The van der Waals surface area contributed by atoms with Gasteiger partial charge in [-0.15, -0.1) is 0 Å². The van der Waals surface area contributed by atoms with Gasteiger partial charge in [-0.1, -0.05) is 0 Å². The molecule has 1 aromatic heterocycles. The fraction of sp³-hybridized carbons (Fsp3) is 0.556. The van der Waals surface area contributed by atoms with Crippen molar-refractivity contribution in [2.75, 3.05) is 6.61 Å². The van der Waals surface area contributed by atoms with E-state index in [0.717, 1.165) is 17.0 Å². The lowest BCUT2D eigenvalue weighted by molar-refractivity contribution is -0.0398. The zero-order chi connectivity index (χ0) is 11.7. The van der Waals surface area contributed by atoms with Gasteiger partial charge in [-0.3, -0.25) is 4.57 Å². The highest BCUT2D eigenvalue weighted by atomic mass is 19.1. The van der Waals surface area contributed by atoms with Gasteiger partial charge in [-0.05, 0) is 0 Å². The molecule has 1 N–H and O–H groups in total. The molecule has 0 unspecified atom stereocenters. The van der Waals surface area contributed by atoms with Crippen molar-refractivity contribution in [3.05, 3.63) is 28.7 Å². The van der Waals surface area contributed by atoms with Crippen LogP contribution in [0.15, 0.2) is 17.2 Å². The molecular weight excluding hydrogens is 222 g/mol. The largest absolute Gasteiger partial charge is 0.394 e. The molecule has 7 heteroatoms. The van der Waals surface area contributed by atoms with Crippen LogP contribution in [0.2, 0.25) is 0 Å². The van der Waals surface area contributed by atoms with E-state index in [9.17, 15) is 13.6 Å². The Kier molecular flexibility index (Phi) is 2.97. The zero-order valence-corrected chi connectivity index (χ0v) is 8.22. The number of rotatable bonds is 2. The lowest BCUT2D eigenvalue weighted by atomic mass is 10.2. The predicted octanol–water partition coefficient (Wildman–Crippen LogP) is 0.000300. The van der Waals surface area contributed by atoms with Crippen LogP contribution in [0, 0.1) is 5.82 Å². The summed E-state index contributed by atoms with van der Waals surface area (Å²) < 4.78 is 32.2. The Morgan fingerprint density at radius 2 is 2.44 bits per heavy atom. The number of alkyl halides is 1. The summed E-state index contributed by atoms with van der Waals surface area (Å²) in [6.45, 7) is -0.339. The minimum Gasteiger partial charge on any atom is -0.394 e.